The third-order valence-corrected chi connectivity index (χ3v) is 4.00. The Bertz CT molecular complexity index is 647. The van der Waals surface area contributed by atoms with Crippen molar-refractivity contribution in [1.29, 1.82) is 0 Å². The molecule has 0 bridgehead atoms. The number of halogens is 1. The summed E-state index contributed by atoms with van der Waals surface area (Å²) in [5.74, 6) is 1.58. The van der Waals surface area contributed by atoms with E-state index in [1.54, 1.807) is 0 Å². The van der Waals surface area contributed by atoms with Crippen LogP contribution in [-0.2, 0) is 17.9 Å². The molecule has 0 heterocycles. The molecule has 2 rings (SSSR count). The van der Waals surface area contributed by atoms with E-state index in [2.05, 4.69) is 48.6 Å². The zero-order chi connectivity index (χ0) is 18.6. The first-order valence-electron chi connectivity index (χ1n) is 9.45. The van der Waals surface area contributed by atoms with E-state index < -0.39 is 0 Å². The molecule has 0 saturated heterocycles. The number of hydrogen-bond donors (Lipinski definition) is 1. The van der Waals surface area contributed by atoms with Gasteiger partial charge in [0.15, 0.2) is 11.5 Å². The van der Waals surface area contributed by atoms with Gasteiger partial charge < -0.3 is 19.5 Å². The highest BCUT2D eigenvalue weighted by Gasteiger charge is 2.07. The molecule has 4 nitrogen and oxygen atoms in total. The van der Waals surface area contributed by atoms with Crippen LogP contribution in [0, 0.1) is 6.92 Å². The number of benzene rings is 2. The van der Waals surface area contributed by atoms with Crippen molar-refractivity contribution in [2.24, 2.45) is 0 Å². The molecule has 2 aromatic rings. The Morgan fingerprint density at radius 3 is 2.30 bits per heavy atom. The van der Waals surface area contributed by atoms with Crippen molar-refractivity contribution in [3.8, 4) is 11.5 Å². The van der Waals surface area contributed by atoms with Gasteiger partial charge in [0.05, 0.1) is 6.61 Å². The molecule has 0 unspecified atom stereocenters. The second kappa shape index (κ2) is 13.4. The standard InChI is InChI=1S/C22H31NO3.ClH/c1-4-24-14-6-13-23-16-20-11-12-21(22(15-20)25-5-2)26-17-19-9-7-18(3)8-10-19;/h7-12,15,23H,4-6,13-14,16-17H2,1-3H3;1H. The predicted molar refractivity (Wildman–Crippen MR) is 113 cm³/mol. The average Bonchev–Trinajstić information content (AvgIpc) is 2.65. The molecular weight excluding hydrogens is 362 g/mol. The molecule has 150 valence electrons. The Kier molecular flexibility index (Phi) is 11.6. The van der Waals surface area contributed by atoms with Gasteiger partial charge in [0, 0.05) is 19.8 Å². The van der Waals surface area contributed by atoms with Crippen LogP contribution in [0.4, 0.5) is 0 Å². The van der Waals surface area contributed by atoms with Crippen molar-refractivity contribution < 1.29 is 14.2 Å². The van der Waals surface area contributed by atoms with Crippen LogP contribution in [0.1, 0.15) is 37.0 Å². The molecule has 27 heavy (non-hydrogen) atoms. The van der Waals surface area contributed by atoms with Crippen molar-refractivity contribution in [3.63, 3.8) is 0 Å². The van der Waals surface area contributed by atoms with E-state index in [0.29, 0.717) is 13.2 Å². The fourth-order valence-electron chi connectivity index (χ4n) is 2.57. The number of nitrogens with one attached hydrogen (secondary N) is 1. The lowest BCUT2D eigenvalue weighted by Crippen LogP contribution is -2.16. The van der Waals surface area contributed by atoms with E-state index in [4.69, 9.17) is 14.2 Å². The Morgan fingerprint density at radius 2 is 1.59 bits per heavy atom. The quantitative estimate of drug-likeness (QED) is 0.520. The van der Waals surface area contributed by atoms with Crippen molar-refractivity contribution in [1.82, 2.24) is 5.32 Å². The third kappa shape index (κ3) is 8.65. The minimum Gasteiger partial charge on any atom is -0.490 e. The largest absolute Gasteiger partial charge is 0.490 e. The van der Waals surface area contributed by atoms with Crippen LogP contribution >= 0.6 is 12.4 Å². The van der Waals surface area contributed by atoms with Crippen molar-refractivity contribution in [2.75, 3.05) is 26.4 Å². The van der Waals surface area contributed by atoms with Crippen molar-refractivity contribution in [3.05, 3.63) is 59.2 Å². The minimum absolute atomic E-state index is 0. The van der Waals surface area contributed by atoms with E-state index in [-0.39, 0.29) is 12.4 Å². The molecule has 0 saturated carbocycles. The van der Waals surface area contributed by atoms with E-state index in [1.807, 2.05) is 19.9 Å². The molecule has 5 heteroatoms. The van der Waals surface area contributed by atoms with Gasteiger partial charge in [-0.1, -0.05) is 35.9 Å². The maximum atomic E-state index is 5.98. The number of aryl methyl sites for hydroxylation is 1. The molecule has 0 aliphatic rings. The van der Waals surface area contributed by atoms with Crippen LogP contribution < -0.4 is 14.8 Å². The zero-order valence-electron chi connectivity index (χ0n) is 16.6. The van der Waals surface area contributed by atoms with Gasteiger partial charge in [-0.05, 0) is 57.0 Å². The summed E-state index contributed by atoms with van der Waals surface area (Å²) in [5.41, 5.74) is 3.59. The molecule has 0 fully saturated rings. The van der Waals surface area contributed by atoms with Gasteiger partial charge in [0.2, 0.25) is 0 Å². The Balaban J connectivity index is 0.00000364. The van der Waals surface area contributed by atoms with E-state index in [0.717, 1.165) is 49.8 Å². The first-order valence-corrected chi connectivity index (χ1v) is 9.45. The summed E-state index contributed by atoms with van der Waals surface area (Å²) >= 11 is 0. The van der Waals surface area contributed by atoms with E-state index in [1.165, 1.54) is 11.1 Å². The summed E-state index contributed by atoms with van der Waals surface area (Å²) in [5, 5.41) is 3.44. The molecule has 1 N–H and O–H groups in total. The normalized spacial score (nSPS) is 10.3. The van der Waals surface area contributed by atoms with Crippen molar-refractivity contribution in [2.45, 2.75) is 40.3 Å². The molecule has 0 spiro atoms. The Morgan fingerprint density at radius 1 is 0.852 bits per heavy atom. The van der Waals surface area contributed by atoms with Crippen molar-refractivity contribution >= 4 is 12.4 Å². The third-order valence-electron chi connectivity index (χ3n) is 4.00. The maximum absolute atomic E-state index is 5.98. The van der Waals surface area contributed by atoms with Crippen LogP contribution in [0.5, 0.6) is 11.5 Å². The summed E-state index contributed by atoms with van der Waals surface area (Å²) in [6.07, 6.45) is 1.02. The summed E-state index contributed by atoms with van der Waals surface area (Å²) < 4.78 is 17.1. The topological polar surface area (TPSA) is 39.7 Å². The maximum Gasteiger partial charge on any atom is 0.161 e. The van der Waals surface area contributed by atoms with Gasteiger partial charge in [0.1, 0.15) is 6.61 Å². The van der Waals surface area contributed by atoms with Gasteiger partial charge in [-0.3, -0.25) is 0 Å². The van der Waals surface area contributed by atoms with E-state index >= 15 is 0 Å². The molecule has 0 atom stereocenters. The highest BCUT2D eigenvalue weighted by molar-refractivity contribution is 5.85. The van der Waals surface area contributed by atoms with Crippen LogP contribution in [0.15, 0.2) is 42.5 Å². The molecule has 0 radical (unpaired) electrons. The lowest BCUT2D eigenvalue weighted by atomic mass is 10.1. The van der Waals surface area contributed by atoms with Gasteiger partial charge in [-0.2, -0.15) is 0 Å². The monoisotopic (exact) mass is 393 g/mol. The predicted octanol–water partition coefficient (Wildman–Crippen LogP) is 4.91. The van der Waals surface area contributed by atoms with Crippen LogP contribution in [0.25, 0.3) is 0 Å². The second-order valence-corrected chi connectivity index (χ2v) is 6.22. The highest BCUT2D eigenvalue weighted by Crippen LogP contribution is 2.29. The van der Waals surface area contributed by atoms with Gasteiger partial charge in [0.25, 0.3) is 0 Å². The smallest absolute Gasteiger partial charge is 0.161 e. The SMILES string of the molecule is CCOCCCNCc1ccc(OCc2ccc(C)cc2)c(OCC)c1.Cl. The fourth-order valence-corrected chi connectivity index (χ4v) is 2.57. The van der Waals surface area contributed by atoms with Gasteiger partial charge in [-0.15, -0.1) is 12.4 Å². The molecule has 0 aliphatic heterocycles. The first-order chi connectivity index (χ1) is 12.7. The number of ether oxygens (including phenoxy) is 3. The lowest BCUT2D eigenvalue weighted by molar-refractivity contribution is 0.144. The summed E-state index contributed by atoms with van der Waals surface area (Å²) in [6, 6.07) is 14.5. The summed E-state index contributed by atoms with van der Waals surface area (Å²) in [4.78, 5) is 0. The second-order valence-electron chi connectivity index (χ2n) is 6.22. The summed E-state index contributed by atoms with van der Waals surface area (Å²) in [6.45, 7) is 10.6. The molecular formula is C22H32ClNO3. The molecule has 2 aromatic carbocycles. The fraction of sp³-hybridized carbons (Fsp3) is 0.455. The first kappa shape index (κ1) is 23.3. The summed E-state index contributed by atoms with van der Waals surface area (Å²) in [7, 11) is 0. The number of hydrogen-bond acceptors (Lipinski definition) is 4. The molecule has 0 amide bonds. The van der Waals surface area contributed by atoms with Crippen LogP contribution in [-0.4, -0.2) is 26.4 Å². The highest BCUT2D eigenvalue weighted by atomic mass is 35.5. The van der Waals surface area contributed by atoms with Gasteiger partial charge in [-0.25, -0.2) is 0 Å². The van der Waals surface area contributed by atoms with Crippen LogP contribution in [0.2, 0.25) is 0 Å². The zero-order valence-corrected chi connectivity index (χ0v) is 17.4. The lowest BCUT2D eigenvalue weighted by Gasteiger charge is -2.14. The van der Waals surface area contributed by atoms with Crippen LogP contribution in [0.3, 0.4) is 0 Å². The Hall–Kier alpha value is -1.75. The van der Waals surface area contributed by atoms with E-state index in [9.17, 15) is 0 Å². The average molecular weight is 394 g/mol. The minimum atomic E-state index is 0. The Labute approximate surface area is 169 Å². The molecule has 0 aromatic heterocycles. The number of rotatable bonds is 12. The molecule has 0 aliphatic carbocycles. The van der Waals surface area contributed by atoms with Gasteiger partial charge >= 0.3 is 0 Å².